The standard InChI is InChI=1S/C21H19BrN4O4/c22-17-12-19-18(29-8-9-30-19)10-14(17)11-20(27)23-13-21(28)25-15-2-4-16(5-3-15)26-7-1-6-24-26/h1-7,10,12H,8-9,11,13H2,(H,23,27)(H,25,28). The van der Waals surface area contributed by atoms with Gasteiger partial charge < -0.3 is 20.1 Å². The number of fused-ring (bicyclic) bond motifs is 1. The molecule has 30 heavy (non-hydrogen) atoms. The number of halogens is 1. The molecule has 0 radical (unpaired) electrons. The van der Waals surface area contributed by atoms with Gasteiger partial charge in [-0.15, -0.1) is 0 Å². The molecule has 2 amide bonds. The van der Waals surface area contributed by atoms with Gasteiger partial charge in [-0.2, -0.15) is 5.10 Å². The Morgan fingerprint density at radius 2 is 1.80 bits per heavy atom. The summed E-state index contributed by atoms with van der Waals surface area (Å²) in [4.78, 5) is 24.4. The molecule has 154 valence electrons. The molecule has 0 saturated heterocycles. The number of carbonyl (C=O) groups is 2. The van der Waals surface area contributed by atoms with Gasteiger partial charge in [0.2, 0.25) is 11.8 Å². The van der Waals surface area contributed by atoms with Crippen molar-refractivity contribution in [1.82, 2.24) is 15.1 Å². The number of hydrogen-bond donors (Lipinski definition) is 2. The minimum atomic E-state index is -0.309. The quantitative estimate of drug-likeness (QED) is 0.577. The van der Waals surface area contributed by atoms with Gasteiger partial charge >= 0.3 is 0 Å². The Morgan fingerprint density at radius 3 is 2.50 bits per heavy atom. The fourth-order valence-corrected chi connectivity index (χ4v) is 3.44. The molecule has 0 fully saturated rings. The van der Waals surface area contributed by atoms with E-state index in [0.717, 1.165) is 15.7 Å². The van der Waals surface area contributed by atoms with E-state index >= 15 is 0 Å². The summed E-state index contributed by atoms with van der Waals surface area (Å²) >= 11 is 3.45. The van der Waals surface area contributed by atoms with Crippen LogP contribution in [0.2, 0.25) is 0 Å². The lowest BCUT2D eigenvalue weighted by molar-refractivity contribution is -0.123. The highest BCUT2D eigenvalue weighted by Gasteiger charge is 2.17. The fraction of sp³-hybridized carbons (Fsp3) is 0.190. The predicted molar refractivity (Wildman–Crippen MR) is 114 cm³/mol. The molecule has 0 bridgehead atoms. The summed E-state index contributed by atoms with van der Waals surface area (Å²) in [5, 5.41) is 9.54. The van der Waals surface area contributed by atoms with Gasteiger partial charge in [0, 0.05) is 22.6 Å². The SMILES string of the molecule is O=C(Cc1cc2c(cc1Br)OCCO2)NCC(=O)Nc1ccc(-n2cccn2)cc1. The third-order valence-electron chi connectivity index (χ3n) is 4.43. The molecule has 2 aromatic carbocycles. The third kappa shape index (κ3) is 4.80. The van der Waals surface area contributed by atoms with Crippen molar-refractivity contribution in [3.8, 4) is 17.2 Å². The first kappa shape index (κ1) is 20.0. The van der Waals surface area contributed by atoms with Gasteiger partial charge in [-0.05, 0) is 48.0 Å². The number of carbonyl (C=O) groups excluding carboxylic acids is 2. The number of rotatable bonds is 6. The van der Waals surface area contributed by atoms with Crippen LogP contribution in [-0.2, 0) is 16.0 Å². The maximum absolute atomic E-state index is 12.3. The van der Waals surface area contributed by atoms with Crippen LogP contribution in [0.3, 0.4) is 0 Å². The normalized spacial score (nSPS) is 12.3. The fourth-order valence-electron chi connectivity index (χ4n) is 2.98. The molecule has 0 saturated carbocycles. The molecule has 3 aromatic rings. The van der Waals surface area contributed by atoms with Gasteiger partial charge in [-0.1, -0.05) is 15.9 Å². The van der Waals surface area contributed by atoms with Crippen LogP contribution in [-0.4, -0.2) is 41.4 Å². The Kier molecular flexibility index (Phi) is 5.99. The number of benzene rings is 2. The van der Waals surface area contributed by atoms with Crippen molar-refractivity contribution >= 4 is 33.4 Å². The van der Waals surface area contributed by atoms with Crippen LogP contribution in [0.25, 0.3) is 5.69 Å². The minimum absolute atomic E-state index is 0.114. The molecule has 4 rings (SSSR count). The highest BCUT2D eigenvalue weighted by atomic mass is 79.9. The number of nitrogens with one attached hydrogen (secondary N) is 2. The number of amides is 2. The van der Waals surface area contributed by atoms with Crippen LogP contribution in [0.5, 0.6) is 11.5 Å². The third-order valence-corrected chi connectivity index (χ3v) is 5.17. The van der Waals surface area contributed by atoms with E-state index in [9.17, 15) is 9.59 Å². The monoisotopic (exact) mass is 470 g/mol. The van der Waals surface area contributed by atoms with Crippen molar-refractivity contribution in [3.63, 3.8) is 0 Å². The molecule has 1 aromatic heterocycles. The van der Waals surface area contributed by atoms with E-state index in [2.05, 4.69) is 31.7 Å². The molecular formula is C21H19BrN4O4. The summed E-state index contributed by atoms with van der Waals surface area (Å²) < 4.78 is 13.5. The predicted octanol–water partition coefficient (Wildman–Crippen LogP) is 2.70. The second-order valence-electron chi connectivity index (χ2n) is 6.59. The van der Waals surface area contributed by atoms with Gasteiger partial charge in [0.1, 0.15) is 13.2 Å². The zero-order valence-electron chi connectivity index (χ0n) is 15.9. The molecule has 2 heterocycles. The first-order chi connectivity index (χ1) is 14.6. The molecule has 8 nitrogen and oxygen atoms in total. The lowest BCUT2D eigenvalue weighted by atomic mass is 10.1. The van der Waals surface area contributed by atoms with Crippen molar-refractivity contribution in [1.29, 1.82) is 0 Å². The minimum Gasteiger partial charge on any atom is -0.486 e. The van der Waals surface area contributed by atoms with E-state index in [1.54, 1.807) is 35.1 Å². The van der Waals surface area contributed by atoms with E-state index < -0.39 is 0 Å². The lowest BCUT2D eigenvalue weighted by Gasteiger charge is -2.19. The number of anilines is 1. The van der Waals surface area contributed by atoms with E-state index in [4.69, 9.17) is 9.47 Å². The van der Waals surface area contributed by atoms with Crippen LogP contribution in [0.1, 0.15) is 5.56 Å². The van der Waals surface area contributed by atoms with E-state index in [1.807, 2.05) is 24.4 Å². The van der Waals surface area contributed by atoms with Crippen molar-refractivity contribution in [3.05, 3.63) is 64.9 Å². The lowest BCUT2D eigenvalue weighted by Crippen LogP contribution is -2.33. The summed E-state index contributed by atoms with van der Waals surface area (Å²) in [5.41, 5.74) is 2.28. The summed E-state index contributed by atoms with van der Waals surface area (Å²) in [7, 11) is 0. The van der Waals surface area contributed by atoms with Crippen molar-refractivity contribution in [2.24, 2.45) is 0 Å². The topological polar surface area (TPSA) is 94.5 Å². The first-order valence-electron chi connectivity index (χ1n) is 9.33. The smallest absolute Gasteiger partial charge is 0.243 e. The van der Waals surface area contributed by atoms with Gasteiger partial charge in [-0.3, -0.25) is 9.59 Å². The summed E-state index contributed by atoms with van der Waals surface area (Å²) in [6.45, 7) is 0.853. The Morgan fingerprint density at radius 1 is 1.07 bits per heavy atom. The van der Waals surface area contributed by atoms with Gasteiger partial charge in [0.05, 0.1) is 18.7 Å². The number of ether oxygens (including phenoxy) is 2. The van der Waals surface area contributed by atoms with Crippen LogP contribution in [0.15, 0.2) is 59.3 Å². The highest BCUT2D eigenvalue weighted by molar-refractivity contribution is 9.10. The van der Waals surface area contributed by atoms with Crippen molar-refractivity contribution in [2.45, 2.75) is 6.42 Å². The van der Waals surface area contributed by atoms with Crippen LogP contribution < -0.4 is 20.1 Å². The second-order valence-corrected chi connectivity index (χ2v) is 7.44. The summed E-state index contributed by atoms with van der Waals surface area (Å²) in [5.74, 6) is 0.687. The molecule has 1 aliphatic heterocycles. The summed E-state index contributed by atoms with van der Waals surface area (Å²) in [6.07, 6.45) is 3.65. The largest absolute Gasteiger partial charge is 0.486 e. The molecule has 0 aliphatic carbocycles. The van der Waals surface area contributed by atoms with Gasteiger partial charge in [-0.25, -0.2) is 4.68 Å². The Labute approximate surface area is 181 Å². The summed E-state index contributed by atoms with van der Waals surface area (Å²) in [6, 6.07) is 12.7. The van der Waals surface area contributed by atoms with E-state index in [1.165, 1.54) is 0 Å². The zero-order valence-corrected chi connectivity index (χ0v) is 17.5. The van der Waals surface area contributed by atoms with Gasteiger partial charge in [0.15, 0.2) is 11.5 Å². The van der Waals surface area contributed by atoms with Gasteiger partial charge in [0.25, 0.3) is 0 Å². The molecule has 2 N–H and O–H groups in total. The Hall–Kier alpha value is -3.33. The molecule has 0 unspecified atom stereocenters. The molecule has 9 heteroatoms. The number of aromatic nitrogens is 2. The van der Waals surface area contributed by atoms with Crippen molar-refractivity contribution in [2.75, 3.05) is 25.1 Å². The number of nitrogens with zero attached hydrogens (tertiary/aromatic N) is 2. The van der Waals surface area contributed by atoms with E-state index in [0.29, 0.717) is 30.4 Å². The zero-order chi connectivity index (χ0) is 20.9. The molecule has 0 spiro atoms. The molecule has 1 aliphatic rings. The van der Waals surface area contributed by atoms with Crippen molar-refractivity contribution < 1.29 is 19.1 Å². The second kappa shape index (κ2) is 9.00. The maximum Gasteiger partial charge on any atom is 0.243 e. The van der Waals surface area contributed by atoms with Crippen LogP contribution >= 0.6 is 15.9 Å². The Bertz CT molecular complexity index is 1050. The average Bonchev–Trinajstić information content (AvgIpc) is 3.28. The number of hydrogen-bond acceptors (Lipinski definition) is 5. The maximum atomic E-state index is 12.3. The highest BCUT2D eigenvalue weighted by Crippen LogP contribution is 2.35. The van der Waals surface area contributed by atoms with E-state index in [-0.39, 0.29) is 24.8 Å². The molecule has 0 atom stereocenters. The van der Waals surface area contributed by atoms with Crippen LogP contribution in [0.4, 0.5) is 5.69 Å². The Balaban J connectivity index is 1.28. The average molecular weight is 471 g/mol. The first-order valence-corrected chi connectivity index (χ1v) is 10.1. The van der Waals surface area contributed by atoms with Crippen LogP contribution in [0, 0.1) is 0 Å². The molecular weight excluding hydrogens is 452 g/mol.